The summed E-state index contributed by atoms with van der Waals surface area (Å²) in [7, 11) is 0. The molecular formula is C15H18BrNO2. The quantitative estimate of drug-likeness (QED) is 0.926. The fourth-order valence-corrected chi connectivity index (χ4v) is 3.07. The van der Waals surface area contributed by atoms with E-state index >= 15 is 0 Å². The van der Waals surface area contributed by atoms with Gasteiger partial charge in [-0.05, 0) is 31.5 Å². The van der Waals surface area contributed by atoms with Crippen molar-refractivity contribution in [3.05, 3.63) is 47.0 Å². The Labute approximate surface area is 122 Å². The lowest BCUT2D eigenvalue weighted by molar-refractivity contribution is -0.145. The summed E-state index contributed by atoms with van der Waals surface area (Å²) in [4.78, 5) is 14.0. The van der Waals surface area contributed by atoms with Gasteiger partial charge < -0.3 is 5.11 Å². The van der Waals surface area contributed by atoms with Gasteiger partial charge in [-0.15, -0.1) is 0 Å². The highest BCUT2D eigenvalue weighted by atomic mass is 79.9. The average Bonchev–Trinajstić information content (AvgIpc) is 2.40. The van der Waals surface area contributed by atoms with Crippen molar-refractivity contribution in [3.63, 3.8) is 0 Å². The average molecular weight is 324 g/mol. The molecule has 0 saturated carbocycles. The van der Waals surface area contributed by atoms with E-state index in [0.29, 0.717) is 12.8 Å². The van der Waals surface area contributed by atoms with Crippen LogP contribution in [0.4, 0.5) is 0 Å². The van der Waals surface area contributed by atoms with Crippen LogP contribution in [0.15, 0.2) is 41.4 Å². The third kappa shape index (κ3) is 3.07. The largest absolute Gasteiger partial charge is 0.481 e. The number of carboxylic acids is 1. The van der Waals surface area contributed by atoms with E-state index in [9.17, 15) is 9.90 Å². The van der Waals surface area contributed by atoms with Crippen molar-refractivity contribution in [2.75, 3.05) is 19.6 Å². The molecule has 1 N–H and O–H groups in total. The molecule has 0 spiro atoms. The summed E-state index contributed by atoms with van der Waals surface area (Å²) in [6, 6.07) is 9.59. The highest BCUT2D eigenvalue weighted by molar-refractivity contribution is 9.11. The number of halogens is 1. The predicted octanol–water partition coefficient (Wildman–Crippen LogP) is 3.01. The van der Waals surface area contributed by atoms with Crippen molar-refractivity contribution in [3.8, 4) is 0 Å². The molecule has 1 aliphatic heterocycles. The fraction of sp³-hybridized carbons (Fsp3) is 0.400. The molecule has 19 heavy (non-hydrogen) atoms. The fourth-order valence-electron chi connectivity index (χ4n) is 2.72. The summed E-state index contributed by atoms with van der Waals surface area (Å²) in [5, 5.41) is 9.67. The number of hydrogen-bond donors (Lipinski definition) is 1. The molecule has 1 fully saturated rings. The first-order valence-corrected chi connectivity index (χ1v) is 7.18. The molecule has 1 aromatic carbocycles. The number of carbonyl (C=O) groups is 1. The van der Waals surface area contributed by atoms with Crippen LogP contribution < -0.4 is 0 Å². The molecule has 0 bridgehead atoms. The zero-order chi connectivity index (χ0) is 13.9. The molecule has 1 aliphatic rings. The zero-order valence-electron chi connectivity index (χ0n) is 10.8. The monoisotopic (exact) mass is 323 g/mol. The molecule has 0 unspecified atom stereocenters. The zero-order valence-corrected chi connectivity index (χ0v) is 12.4. The first-order chi connectivity index (χ1) is 9.04. The molecule has 1 heterocycles. The molecule has 0 aliphatic carbocycles. The van der Waals surface area contributed by atoms with Crippen molar-refractivity contribution in [1.82, 2.24) is 4.90 Å². The van der Waals surface area contributed by atoms with Crippen LogP contribution in [0.2, 0.25) is 0 Å². The van der Waals surface area contributed by atoms with E-state index in [2.05, 4.69) is 27.4 Å². The molecule has 0 radical (unpaired) electrons. The smallest absolute Gasteiger partial charge is 0.314 e. The molecule has 0 atom stereocenters. The van der Waals surface area contributed by atoms with Gasteiger partial charge in [0, 0.05) is 11.0 Å². The molecule has 4 heteroatoms. The SMILES string of the molecule is C=C(Br)CN1CCC(C(=O)O)(c2ccccc2)CC1. The normalized spacial score (nSPS) is 19.0. The first kappa shape index (κ1) is 14.3. The second kappa shape index (κ2) is 5.88. The van der Waals surface area contributed by atoms with Crippen LogP contribution in [0.5, 0.6) is 0 Å². The van der Waals surface area contributed by atoms with Crippen LogP contribution in [0.1, 0.15) is 18.4 Å². The Balaban J connectivity index is 2.17. The van der Waals surface area contributed by atoms with Gasteiger partial charge in [-0.1, -0.05) is 52.8 Å². The van der Waals surface area contributed by atoms with Gasteiger partial charge in [-0.3, -0.25) is 9.69 Å². The third-order valence-electron chi connectivity index (χ3n) is 3.84. The lowest BCUT2D eigenvalue weighted by atomic mass is 9.73. The van der Waals surface area contributed by atoms with Gasteiger partial charge in [0.2, 0.25) is 0 Å². The first-order valence-electron chi connectivity index (χ1n) is 6.39. The second-order valence-corrected chi connectivity index (χ2v) is 6.17. The number of aliphatic carboxylic acids is 1. The van der Waals surface area contributed by atoms with Crippen LogP contribution in [-0.2, 0) is 10.2 Å². The highest BCUT2D eigenvalue weighted by Gasteiger charge is 2.42. The molecule has 3 nitrogen and oxygen atoms in total. The van der Waals surface area contributed by atoms with Gasteiger partial charge in [0.25, 0.3) is 0 Å². The molecule has 1 aromatic rings. The van der Waals surface area contributed by atoms with Crippen molar-refractivity contribution in [2.24, 2.45) is 0 Å². The van der Waals surface area contributed by atoms with Gasteiger partial charge in [0.15, 0.2) is 0 Å². The number of rotatable bonds is 4. The van der Waals surface area contributed by atoms with Crippen molar-refractivity contribution in [2.45, 2.75) is 18.3 Å². The summed E-state index contributed by atoms with van der Waals surface area (Å²) in [5.74, 6) is -0.712. The molecule has 0 amide bonds. The summed E-state index contributed by atoms with van der Waals surface area (Å²) >= 11 is 3.36. The maximum absolute atomic E-state index is 11.8. The van der Waals surface area contributed by atoms with Gasteiger partial charge in [0.05, 0.1) is 5.41 Å². The van der Waals surface area contributed by atoms with E-state index in [4.69, 9.17) is 0 Å². The molecular weight excluding hydrogens is 306 g/mol. The number of benzene rings is 1. The van der Waals surface area contributed by atoms with E-state index in [1.165, 1.54) is 0 Å². The van der Waals surface area contributed by atoms with E-state index in [1.807, 2.05) is 30.3 Å². The van der Waals surface area contributed by atoms with E-state index < -0.39 is 11.4 Å². The van der Waals surface area contributed by atoms with Crippen molar-refractivity contribution in [1.29, 1.82) is 0 Å². The maximum atomic E-state index is 11.8. The number of likely N-dealkylation sites (tertiary alicyclic amines) is 1. The Morgan fingerprint density at radius 3 is 2.37 bits per heavy atom. The van der Waals surface area contributed by atoms with Crippen LogP contribution in [-0.4, -0.2) is 35.6 Å². The predicted molar refractivity (Wildman–Crippen MR) is 79.5 cm³/mol. The van der Waals surface area contributed by atoms with Gasteiger partial charge in [-0.2, -0.15) is 0 Å². The highest BCUT2D eigenvalue weighted by Crippen LogP contribution is 2.36. The standard InChI is InChI=1S/C15H18BrNO2/c1-12(16)11-17-9-7-15(8-10-17,14(18)19)13-5-3-2-4-6-13/h2-6H,1,7-11H2,(H,18,19). The van der Waals surface area contributed by atoms with E-state index in [0.717, 1.165) is 29.7 Å². The Kier molecular flexibility index (Phi) is 4.42. The van der Waals surface area contributed by atoms with Crippen molar-refractivity contribution < 1.29 is 9.90 Å². The number of carboxylic acid groups (broad SMARTS) is 1. The summed E-state index contributed by atoms with van der Waals surface area (Å²) in [5.41, 5.74) is 0.186. The molecule has 1 saturated heterocycles. The minimum Gasteiger partial charge on any atom is -0.481 e. The minimum absolute atomic E-state index is 0.645. The Hall–Kier alpha value is -1.13. The minimum atomic E-state index is -0.731. The summed E-state index contributed by atoms with van der Waals surface area (Å²) in [6.07, 6.45) is 1.29. The molecule has 0 aromatic heterocycles. The molecule has 2 rings (SSSR count). The second-order valence-electron chi connectivity index (χ2n) is 5.05. The topological polar surface area (TPSA) is 40.5 Å². The van der Waals surface area contributed by atoms with Gasteiger partial charge >= 0.3 is 5.97 Å². The number of piperidine rings is 1. The maximum Gasteiger partial charge on any atom is 0.314 e. The Morgan fingerprint density at radius 2 is 1.89 bits per heavy atom. The van der Waals surface area contributed by atoms with E-state index in [-0.39, 0.29) is 0 Å². The lowest BCUT2D eigenvalue weighted by Gasteiger charge is -2.39. The summed E-state index contributed by atoms with van der Waals surface area (Å²) in [6.45, 7) is 6.19. The summed E-state index contributed by atoms with van der Waals surface area (Å²) < 4.78 is 0.940. The number of nitrogens with zero attached hydrogens (tertiary/aromatic N) is 1. The van der Waals surface area contributed by atoms with Crippen LogP contribution in [0.3, 0.4) is 0 Å². The van der Waals surface area contributed by atoms with Crippen LogP contribution >= 0.6 is 15.9 Å². The van der Waals surface area contributed by atoms with Crippen molar-refractivity contribution >= 4 is 21.9 Å². The lowest BCUT2D eigenvalue weighted by Crippen LogP contribution is -2.47. The number of hydrogen-bond acceptors (Lipinski definition) is 2. The molecule has 102 valence electrons. The van der Waals surface area contributed by atoms with Crippen LogP contribution in [0, 0.1) is 0 Å². The Bertz CT molecular complexity index is 464. The van der Waals surface area contributed by atoms with Gasteiger partial charge in [-0.25, -0.2) is 0 Å². The third-order valence-corrected chi connectivity index (χ3v) is 4.09. The van der Waals surface area contributed by atoms with E-state index in [1.54, 1.807) is 0 Å². The Morgan fingerprint density at radius 1 is 1.32 bits per heavy atom. The van der Waals surface area contributed by atoms with Crippen LogP contribution in [0.25, 0.3) is 0 Å². The van der Waals surface area contributed by atoms with Gasteiger partial charge in [0.1, 0.15) is 0 Å².